The number of hydrogen-bond acceptors (Lipinski definition) is 2. The highest BCUT2D eigenvalue weighted by Gasteiger charge is 2.09. The number of carbonyl (C=O) groups is 1. The summed E-state index contributed by atoms with van der Waals surface area (Å²) < 4.78 is 0.859. The van der Waals surface area contributed by atoms with Gasteiger partial charge in [0.2, 0.25) is 0 Å². The van der Waals surface area contributed by atoms with E-state index in [0.29, 0.717) is 12.2 Å². The lowest BCUT2D eigenvalue weighted by molar-refractivity contribution is 0.0937. The van der Waals surface area contributed by atoms with Crippen molar-refractivity contribution in [3.05, 3.63) is 22.4 Å². The Labute approximate surface area is 97.2 Å². The van der Waals surface area contributed by atoms with Crippen LogP contribution >= 0.6 is 28.3 Å². The summed E-state index contributed by atoms with van der Waals surface area (Å²) >= 11 is 3.25. The van der Waals surface area contributed by atoms with E-state index in [-0.39, 0.29) is 24.4 Å². The van der Waals surface area contributed by atoms with Gasteiger partial charge in [0.1, 0.15) is 5.69 Å². The van der Waals surface area contributed by atoms with Gasteiger partial charge in [-0.3, -0.25) is 4.79 Å². The third-order valence-electron chi connectivity index (χ3n) is 1.62. The molecule has 0 fully saturated rings. The molecule has 4 N–H and O–H groups in total. The van der Waals surface area contributed by atoms with Gasteiger partial charge in [-0.1, -0.05) is 0 Å². The first-order chi connectivity index (χ1) is 6.13. The molecule has 6 heteroatoms. The topological polar surface area (TPSA) is 70.9 Å². The summed E-state index contributed by atoms with van der Waals surface area (Å²) in [5.74, 6) is -0.136. The molecule has 1 aromatic rings. The molecule has 1 amide bonds. The number of nitrogens with two attached hydrogens (primary N) is 1. The largest absolute Gasteiger partial charge is 0.356 e. The zero-order valence-corrected chi connectivity index (χ0v) is 10.1. The van der Waals surface area contributed by atoms with Crippen LogP contribution < -0.4 is 11.1 Å². The zero-order chi connectivity index (χ0) is 9.84. The molecule has 1 rings (SSSR count). The smallest absolute Gasteiger partial charge is 0.267 e. The summed E-state index contributed by atoms with van der Waals surface area (Å²) in [5, 5.41) is 2.74. The summed E-state index contributed by atoms with van der Waals surface area (Å²) in [6.07, 6.45) is 1.71. The number of nitrogens with one attached hydrogen (secondary N) is 2. The number of hydrogen-bond donors (Lipinski definition) is 3. The number of H-pyrrole nitrogens is 1. The van der Waals surface area contributed by atoms with Crippen LogP contribution in [0, 0.1) is 0 Å². The van der Waals surface area contributed by atoms with Gasteiger partial charge in [0.15, 0.2) is 0 Å². The Balaban J connectivity index is 0.00000169. The van der Waals surface area contributed by atoms with Crippen LogP contribution in [0.15, 0.2) is 16.7 Å². The zero-order valence-electron chi connectivity index (χ0n) is 7.71. The fourth-order valence-electron chi connectivity index (χ4n) is 0.859. The second kappa shape index (κ2) is 6.06. The second-order valence-electron chi connectivity index (χ2n) is 2.84. The summed E-state index contributed by atoms with van der Waals surface area (Å²) in [6.45, 7) is 2.30. The van der Waals surface area contributed by atoms with E-state index in [1.165, 1.54) is 0 Å². The van der Waals surface area contributed by atoms with E-state index in [1.54, 1.807) is 12.3 Å². The second-order valence-corrected chi connectivity index (χ2v) is 3.76. The van der Waals surface area contributed by atoms with E-state index in [2.05, 4.69) is 26.2 Å². The normalized spacial score (nSPS) is 11.6. The van der Waals surface area contributed by atoms with Gasteiger partial charge < -0.3 is 16.0 Å². The Morgan fingerprint density at radius 2 is 2.43 bits per heavy atom. The Morgan fingerprint density at radius 1 is 1.79 bits per heavy atom. The first-order valence-corrected chi connectivity index (χ1v) is 4.77. The number of aromatic nitrogens is 1. The molecule has 0 unspecified atom stereocenters. The molecule has 0 aliphatic heterocycles. The maximum atomic E-state index is 11.4. The maximum absolute atomic E-state index is 11.4. The van der Waals surface area contributed by atoms with Crippen molar-refractivity contribution in [2.24, 2.45) is 5.73 Å². The Bertz CT molecular complexity index is 303. The quantitative estimate of drug-likeness (QED) is 0.781. The Hall–Kier alpha value is -0.520. The molecule has 0 bridgehead atoms. The molecular formula is C8H13BrClN3O. The van der Waals surface area contributed by atoms with E-state index in [0.717, 1.165) is 4.47 Å². The van der Waals surface area contributed by atoms with Crippen molar-refractivity contribution in [1.29, 1.82) is 0 Å². The minimum atomic E-state index is -0.136. The van der Waals surface area contributed by atoms with Crippen LogP contribution in [0.25, 0.3) is 0 Å². The molecule has 80 valence electrons. The van der Waals surface area contributed by atoms with Crippen molar-refractivity contribution in [3.63, 3.8) is 0 Å². The molecule has 0 radical (unpaired) electrons. The maximum Gasteiger partial charge on any atom is 0.267 e. The summed E-state index contributed by atoms with van der Waals surface area (Å²) in [4.78, 5) is 14.2. The van der Waals surface area contributed by atoms with E-state index in [9.17, 15) is 4.79 Å². The van der Waals surface area contributed by atoms with Gasteiger partial charge in [0.25, 0.3) is 5.91 Å². The van der Waals surface area contributed by atoms with E-state index in [1.807, 2.05) is 6.92 Å². The number of carbonyl (C=O) groups excluding carboxylic acids is 1. The highest BCUT2D eigenvalue weighted by molar-refractivity contribution is 9.10. The summed E-state index contributed by atoms with van der Waals surface area (Å²) in [7, 11) is 0. The van der Waals surface area contributed by atoms with Gasteiger partial charge in [0.05, 0.1) is 0 Å². The van der Waals surface area contributed by atoms with Gasteiger partial charge in [-0.15, -0.1) is 12.4 Å². The van der Waals surface area contributed by atoms with Crippen LogP contribution in [0.5, 0.6) is 0 Å². The van der Waals surface area contributed by atoms with E-state index in [4.69, 9.17) is 5.73 Å². The van der Waals surface area contributed by atoms with Crippen molar-refractivity contribution >= 4 is 34.2 Å². The fraction of sp³-hybridized carbons (Fsp3) is 0.375. The van der Waals surface area contributed by atoms with Gasteiger partial charge in [-0.05, 0) is 28.9 Å². The van der Waals surface area contributed by atoms with Crippen LogP contribution in [-0.2, 0) is 0 Å². The third-order valence-corrected chi connectivity index (χ3v) is 2.08. The van der Waals surface area contributed by atoms with Gasteiger partial charge >= 0.3 is 0 Å². The molecule has 0 aliphatic rings. The lowest BCUT2D eigenvalue weighted by atomic mass is 10.3. The lowest BCUT2D eigenvalue weighted by Crippen LogP contribution is -2.37. The predicted octanol–water partition coefficient (Wildman–Crippen LogP) is 1.28. The Morgan fingerprint density at radius 3 is 2.86 bits per heavy atom. The molecule has 14 heavy (non-hydrogen) atoms. The molecule has 0 aliphatic carbocycles. The van der Waals surface area contributed by atoms with Gasteiger partial charge in [0, 0.05) is 23.3 Å². The average Bonchev–Trinajstić information content (AvgIpc) is 2.51. The van der Waals surface area contributed by atoms with E-state index >= 15 is 0 Å². The third kappa shape index (κ3) is 3.69. The number of amides is 1. The Kier molecular flexibility index (Phi) is 5.83. The molecule has 0 spiro atoms. The molecule has 1 aromatic heterocycles. The molecule has 0 aromatic carbocycles. The minimum Gasteiger partial charge on any atom is -0.356 e. The van der Waals surface area contributed by atoms with Crippen molar-refractivity contribution in [2.75, 3.05) is 6.54 Å². The minimum absolute atomic E-state index is 0. The number of aromatic amines is 1. The average molecular weight is 283 g/mol. The fourth-order valence-corrected chi connectivity index (χ4v) is 1.20. The molecule has 1 atom stereocenters. The summed E-state index contributed by atoms with van der Waals surface area (Å²) in [5.41, 5.74) is 5.90. The standard InChI is InChI=1S/C8H12BrN3O.ClH/c1-5(3-10)12-8(13)7-2-6(9)4-11-7;/h2,4-5,11H,3,10H2,1H3,(H,12,13);1H/t5-;/m0./s1. The van der Waals surface area contributed by atoms with Crippen LogP contribution in [0.1, 0.15) is 17.4 Å². The number of halogens is 2. The molecule has 1 heterocycles. The molecule has 0 saturated heterocycles. The predicted molar refractivity (Wildman–Crippen MR) is 61.7 cm³/mol. The highest BCUT2D eigenvalue weighted by atomic mass is 79.9. The first-order valence-electron chi connectivity index (χ1n) is 3.98. The van der Waals surface area contributed by atoms with E-state index < -0.39 is 0 Å². The summed E-state index contributed by atoms with van der Waals surface area (Å²) in [6, 6.07) is 1.72. The molecule has 0 saturated carbocycles. The van der Waals surface area contributed by atoms with Gasteiger partial charge in [-0.25, -0.2) is 0 Å². The van der Waals surface area contributed by atoms with Crippen LogP contribution in [0.3, 0.4) is 0 Å². The first kappa shape index (κ1) is 13.5. The molecule has 4 nitrogen and oxygen atoms in total. The van der Waals surface area contributed by atoms with Crippen molar-refractivity contribution < 1.29 is 4.79 Å². The van der Waals surface area contributed by atoms with Crippen molar-refractivity contribution in [3.8, 4) is 0 Å². The van der Waals surface area contributed by atoms with Crippen molar-refractivity contribution in [1.82, 2.24) is 10.3 Å². The molecular weight excluding hydrogens is 269 g/mol. The van der Waals surface area contributed by atoms with Crippen molar-refractivity contribution in [2.45, 2.75) is 13.0 Å². The monoisotopic (exact) mass is 281 g/mol. The van der Waals surface area contributed by atoms with Crippen LogP contribution in [0.4, 0.5) is 0 Å². The number of rotatable bonds is 3. The van der Waals surface area contributed by atoms with Gasteiger partial charge in [-0.2, -0.15) is 0 Å². The van der Waals surface area contributed by atoms with Crippen LogP contribution in [0.2, 0.25) is 0 Å². The highest BCUT2D eigenvalue weighted by Crippen LogP contribution is 2.10. The lowest BCUT2D eigenvalue weighted by Gasteiger charge is -2.09. The SMILES string of the molecule is C[C@@H](CN)NC(=O)c1cc(Br)c[nH]1.Cl. The van der Waals surface area contributed by atoms with Crippen LogP contribution in [-0.4, -0.2) is 23.5 Å².